The van der Waals surface area contributed by atoms with E-state index in [1.807, 2.05) is 6.07 Å². The van der Waals surface area contributed by atoms with Gasteiger partial charge in [0, 0.05) is 48.9 Å². The SMILES string of the molecule is CCOC(=O)c1cn[nH]c1-c1ccc(F)c2c(C(=O)C(=O)N3CCN(C(=O)c4ccccc4)CC3)c[nH]c12. The van der Waals surface area contributed by atoms with Crippen molar-refractivity contribution in [2.24, 2.45) is 0 Å². The average Bonchev–Trinajstić information content (AvgIpc) is 3.62. The van der Waals surface area contributed by atoms with E-state index in [1.165, 1.54) is 23.4 Å². The van der Waals surface area contributed by atoms with Crippen molar-refractivity contribution in [3.8, 4) is 11.3 Å². The van der Waals surface area contributed by atoms with E-state index in [9.17, 15) is 23.6 Å². The Labute approximate surface area is 216 Å². The molecule has 194 valence electrons. The van der Waals surface area contributed by atoms with Gasteiger partial charge in [-0.3, -0.25) is 19.5 Å². The van der Waals surface area contributed by atoms with Crippen molar-refractivity contribution in [2.45, 2.75) is 6.92 Å². The smallest absolute Gasteiger partial charge is 0.341 e. The molecule has 0 aliphatic carbocycles. The van der Waals surface area contributed by atoms with E-state index in [4.69, 9.17) is 4.74 Å². The lowest BCUT2D eigenvalue weighted by molar-refractivity contribution is -0.127. The van der Waals surface area contributed by atoms with Crippen LogP contribution in [0.4, 0.5) is 4.39 Å². The molecule has 11 heteroatoms. The fourth-order valence-corrected chi connectivity index (χ4v) is 4.58. The van der Waals surface area contributed by atoms with Crippen LogP contribution >= 0.6 is 0 Å². The van der Waals surface area contributed by atoms with Crippen LogP contribution in [0.2, 0.25) is 0 Å². The highest BCUT2D eigenvalue weighted by Crippen LogP contribution is 2.33. The molecular formula is C27H24FN5O5. The van der Waals surface area contributed by atoms with E-state index in [1.54, 1.807) is 36.1 Å². The molecule has 2 N–H and O–H groups in total. The molecule has 0 atom stereocenters. The molecule has 0 bridgehead atoms. The number of nitrogens with one attached hydrogen (secondary N) is 2. The monoisotopic (exact) mass is 517 g/mol. The molecule has 0 spiro atoms. The number of esters is 1. The molecule has 5 rings (SSSR count). The lowest BCUT2D eigenvalue weighted by Crippen LogP contribution is -2.52. The largest absolute Gasteiger partial charge is 0.462 e. The molecule has 2 aromatic heterocycles. The standard InChI is InChI=1S/C27H24FN5O5/c1-2-38-27(37)19-15-30-31-22(19)17-8-9-20(28)21-18(14-29-23(17)21)24(34)26(36)33-12-10-32(11-13-33)25(35)16-6-4-3-5-7-16/h3-9,14-15,29H,2,10-13H2,1H3,(H,30,31). The first-order chi connectivity index (χ1) is 18.4. The quantitative estimate of drug-likeness (QED) is 0.230. The Kier molecular flexibility index (Phi) is 6.73. The van der Waals surface area contributed by atoms with Crippen LogP contribution in [0.3, 0.4) is 0 Å². The number of hydrogen-bond acceptors (Lipinski definition) is 6. The first-order valence-corrected chi connectivity index (χ1v) is 12.1. The summed E-state index contributed by atoms with van der Waals surface area (Å²) in [5.41, 5.74) is 1.50. The number of rotatable bonds is 6. The topological polar surface area (TPSA) is 128 Å². The average molecular weight is 518 g/mol. The van der Waals surface area contributed by atoms with Crippen molar-refractivity contribution in [1.82, 2.24) is 25.0 Å². The number of halogens is 1. The van der Waals surface area contributed by atoms with Crippen LogP contribution < -0.4 is 0 Å². The van der Waals surface area contributed by atoms with Gasteiger partial charge in [0.1, 0.15) is 11.4 Å². The number of Topliss-reactive ketones (excluding diaryl/α,β-unsaturated/α-hetero) is 1. The van der Waals surface area contributed by atoms with Crippen LogP contribution in [-0.2, 0) is 9.53 Å². The van der Waals surface area contributed by atoms with Crippen molar-refractivity contribution >= 4 is 34.5 Å². The third kappa shape index (κ3) is 4.42. The highest BCUT2D eigenvalue weighted by Gasteiger charge is 2.31. The number of ether oxygens (including phenoxy) is 1. The highest BCUT2D eigenvalue weighted by atomic mass is 19.1. The second-order valence-electron chi connectivity index (χ2n) is 8.71. The Balaban J connectivity index is 1.37. The second kappa shape index (κ2) is 10.3. The summed E-state index contributed by atoms with van der Waals surface area (Å²) in [5.74, 6) is -3.09. The molecule has 1 aliphatic heterocycles. The summed E-state index contributed by atoms with van der Waals surface area (Å²) in [5, 5.41) is 6.57. The van der Waals surface area contributed by atoms with Crippen molar-refractivity contribution in [1.29, 1.82) is 0 Å². The molecule has 1 aliphatic rings. The number of H-pyrrole nitrogens is 2. The summed E-state index contributed by atoms with van der Waals surface area (Å²) in [6.45, 7) is 2.74. The number of carbonyl (C=O) groups excluding carboxylic acids is 4. The number of carbonyl (C=O) groups is 4. The number of ketones is 1. The first kappa shape index (κ1) is 24.9. The van der Waals surface area contributed by atoms with E-state index in [-0.39, 0.29) is 60.7 Å². The lowest BCUT2D eigenvalue weighted by Gasteiger charge is -2.34. The number of benzene rings is 2. The van der Waals surface area contributed by atoms with E-state index < -0.39 is 23.5 Å². The number of hydrogen-bond donors (Lipinski definition) is 2. The Morgan fingerprint density at radius 1 is 0.974 bits per heavy atom. The lowest BCUT2D eigenvalue weighted by atomic mass is 10.0. The number of piperazine rings is 1. The van der Waals surface area contributed by atoms with Crippen molar-refractivity contribution in [3.63, 3.8) is 0 Å². The Hall–Kier alpha value is -4.80. The van der Waals surface area contributed by atoms with Gasteiger partial charge in [-0.1, -0.05) is 18.2 Å². The Morgan fingerprint density at radius 3 is 2.39 bits per heavy atom. The fourth-order valence-electron chi connectivity index (χ4n) is 4.58. The normalized spacial score (nSPS) is 13.5. The zero-order valence-electron chi connectivity index (χ0n) is 20.5. The van der Waals surface area contributed by atoms with E-state index >= 15 is 0 Å². The van der Waals surface area contributed by atoms with Gasteiger partial charge in [-0.25, -0.2) is 9.18 Å². The zero-order chi connectivity index (χ0) is 26.8. The summed E-state index contributed by atoms with van der Waals surface area (Å²) in [6.07, 6.45) is 2.59. The predicted molar refractivity (Wildman–Crippen MR) is 135 cm³/mol. The van der Waals surface area contributed by atoms with Crippen LogP contribution in [0, 0.1) is 5.82 Å². The maximum Gasteiger partial charge on any atom is 0.341 e. The summed E-state index contributed by atoms with van der Waals surface area (Å²) in [7, 11) is 0. The minimum absolute atomic E-state index is 0.0665. The van der Waals surface area contributed by atoms with Crippen molar-refractivity contribution < 1.29 is 28.3 Å². The zero-order valence-corrected chi connectivity index (χ0v) is 20.5. The van der Waals surface area contributed by atoms with Gasteiger partial charge in [0.15, 0.2) is 0 Å². The molecule has 2 amide bonds. The molecule has 0 saturated carbocycles. The van der Waals surface area contributed by atoms with Gasteiger partial charge in [0.25, 0.3) is 17.6 Å². The summed E-state index contributed by atoms with van der Waals surface area (Å²) >= 11 is 0. The summed E-state index contributed by atoms with van der Waals surface area (Å²) in [6, 6.07) is 11.4. The molecule has 10 nitrogen and oxygen atoms in total. The molecule has 0 unspecified atom stereocenters. The van der Waals surface area contributed by atoms with Gasteiger partial charge in [0.05, 0.1) is 29.6 Å². The van der Waals surface area contributed by atoms with Crippen molar-refractivity contribution in [3.05, 3.63) is 77.4 Å². The fraction of sp³-hybridized carbons (Fsp3) is 0.222. The van der Waals surface area contributed by atoms with E-state index in [0.717, 1.165) is 6.07 Å². The van der Waals surface area contributed by atoms with Crippen LogP contribution in [0.15, 0.2) is 54.9 Å². The number of aromatic nitrogens is 3. The van der Waals surface area contributed by atoms with Crippen LogP contribution in [-0.4, -0.2) is 81.3 Å². The molecule has 1 fully saturated rings. The van der Waals surface area contributed by atoms with Crippen LogP contribution in [0.1, 0.15) is 38.0 Å². The predicted octanol–water partition coefficient (Wildman–Crippen LogP) is 3.04. The second-order valence-corrected chi connectivity index (χ2v) is 8.71. The van der Waals surface area contributed by atoms with Crippen LogP contribution in [0.5, 0.6) is 0 Å². The maximum absolute atomic E-state index is 15.0. The van der Waals surface area contributed by atoms with E-state index in [0.29, 0.717) is 16.8 Å². The number of nitrogens with zero attached hydrogens (tertiary/aromatic N) is 3. The number of fused-ring (bicyclic) bond motifs is 1. The van der Waals surface area contributed by atoms with Crippen LogP contribution in [0.25, 0.3) is 22.2 Å². The summed E-state index contributed by atoms with van der Waals surface area (Å²) < 4.78 is 20.1. The van der Waals surface area contributed by atoms with E-state index in [2.05, 4.69) is 15.2 Å². The molecule has 1 saturated heterocycles. The van der Waals surface area contributed by atoms with Crippen molar-refractivity contribution in [2.75, 3.05) is 32.8 Å². The molecular weight excluding hydrogens is 493 g/mol. The molecule has 4 aromatic rings. The van der Waals surface area contributed by atoms with Gasteiger partial charge in [-0.05, 0) is 31.2 Å². The third-order valence-electron chi connectivity index (χ3n) is 6.50. The van der Waals surface area contributed by atoms with Gasteiger partial charge in [-0.2, -0.15) is 5.10 Å². The third-order valence-corrected chi connectivity index (χ3v) is 6.50. The molecule has 0 radical (unpaired) electrons. The molecule has 2 aromatic carbocycles. The molecule has 38 heavy (non-hydrogen) atoms. The first-order valence-electron chi connectivity index (χ1n) is 12.1. The Morgan fingerprint density at radius 2 is 1.68 bits per heavy atom. The molecule has 3 heterocycles. The number of amides is 2. The highest BCUT2D eigenvalue weighted by molar-refractivity contribution is 6.45. The van der Waals surface area contributed by atoms with Gasteiger partial charge in [-0.15, -0.1) is 0 Å². The number of aromatic amines is 2. The Bertz CT molecular complexity index is 1540. The minimum Gasteiger partial charge on any atom is -0.462 e. The maximum atomic E-state index is 15.0. The van der Waals surface area contributed by atoms with Gasteiger partial charge < -0.3 is 19.5 Å². The van der Waals surface area contributed by atoms with Gasteiger partial charge >= 0.3 is 5.97 Å². The minimum atomic E-state index is -0.870. The summed E-state index contributed by atoms with van der Waals surface area (Å²) in [4.78, 5) is 57.2. The van der Waals surface area contributed by atoms with Gasteiger partial charge in [0.2, 0.25) is 0 Å².